The average molecular weight is 532 g/mol. The fourth-order valence-electron chi connectivity index (χ4n) is 4.70. The summed E-state index contributed by atoms with van der Waals surface area (Å²) in [6.45, 7) is 1.72. The number of ketones is 1. The lowest BCUT2D eigenvalue weighted by atomic mass is 9.75. The van der Waals surface area contributed by atoms with Crippen LogP contribution in [0.3, 0.4) is 0 Å². The first-order valence-electron chi connectivity index (χ1n) is 12.2. The molecule has 1 aromatic heterocycles. The van der Waals surface area contributed by atoms with Gasteiger partial charge >= 0.3 is 6.36 Å². The Morgan fingerprint density at radius 2 is 1.68 bits per heavy atom. The van der Waals surface area contributed by atoms with E-state index < -0.39 is 29.2 Å². The third-order valence-corrected chi connectivity index (χ3v) is 6.70. The summed E-state index contributed by atoms with van der Waals surface area (Å²) >= 11 is 0. The molecular weight excluding hydrogens is 503 g/mol. The molecule has 1 heterocycles. The van der Waals surface area contributed by atoms with Crippen LogP contribution in [0.15, 0.2) is 42.5 Å². The summed E-state index contributed by atoms with van der Waals surface area (Å²) in [5.74, 6) is -1.47. The Kier molecular flexibility index (Phi) is 7.77. The number of amides is 2. The summed E-state index contributed by atoms with van der Waals surface area (Å²) in [5, 5.41) is 6.10. The molecule has 4 rings (SSSR count). The number of halogens is 3. The molecule has 11 heteroatoms. The van der Waals surface area contributed by atoms with E-state index in [0.717, 1.165) is 44.2 Å². The van der Waals surface area contributed by atoms with Crippen molar-refractivity contribution < 1.29 is 37.0 Å². The summed E-state index contributed by atoms with van der Waals surface area (Å²) in [5.41, 5.74) is 0.837. The monoisotopic (exact) mass is 531 g/mol. The largest absolute Gasteiger partial charge is 0.573 e. The Hall–Kier alpha value is -3.86. The standard InChI is InChI=1S/C27H28F3N3O5/c1-26(12-4-3-5-13-26)25(36)31-17-8-11-19-20(14-17)32-23(22(19)21(34)15-37-2)33-24(35)16-6-9-18(10-7-16)38-27(28,29)30/h6-11,14,32H,3-5,12-13,15H2,1-2H3,(H,31,36)(H,33,35). The first kappa shape index (κ1) is 27.2. The van der Waals surface area contributed by atoms with Crippen LogP contribution in [0, 0.1) is 5.41 Å². The molecule has 1 fully saturated rings. The Bertz CT molecular complexity index is 1340. The Morgan fingerprint density at radius 1 is 1.00 bits per heavy atom. The number of nitrogens with one attached hydrogen (secondary N) is 3. The fourth-order valence-corrected chi connectivity index (χ4v) is 4.70. The predicted octanol–water partition coefficient (Wildman–Crippen LogP) is 6.06. The molecule has 0 spiro atoms. The van der Waals surface area contributed by atoms with E-state index in [1.807, 2.05) is 6.92 Å². The number of hydrogen-bond donors (Lipinski definition) is 3. The molecule has 0 unspecified atom stereocenters. The zero-order valence-corrected chi connectivity index (χ0v) is 21.0. The molecule has 0 radical (unpaired) electrons. The number of carbonyl (C=O) groups is 3. The molecule has 0 saturated heterocycles. The number of Topliss-reactive ketones (excluding diaryl/α,β-unsaturated/α-hetero) is 1. The van der Waals surface area contributed by atoms with E-state index in [1.54, 1.807) is 18.2 Å². The molecule has 3 aromatic rings. The highest BCUT2D eigenvalue weighted by molar-refractivity contribution is 6.17. The van der Waals surface area contributed by atoms with Crippen LogP contribution in [0.25, 0.3) is 10.9 Å². The smallest absolute Gasteiger partial charge is 0.406 e. The van der Waals surface area contributed by atoms with Crippen LogP contribution >= 0.6 is 0 Å². The topological polar surface area (TPSA) is 110 Å². The van der Waals surface area contributed by atoms with Crippen molar-refractivity contribution in [2.75, 3.05) is 24.4 Å². The van der Waals surface area contributed by atoms with E-state index in [2.05, 4.69) is 20.4 Å². The molecule has 8 nitrogen and oxygen atoms in total. The highest BCUT2D eigenvalue weighted by Crippen LogP contribution is 2.37. The van der Waals surface area contributed by atoms with Crippen molar-refractivity contribution in [3.05, 3.63) is 53.6 Å². The lowest BCUT2D eigenvalue weighted by Gasteiger charge is -2.32. The van der Waals surface area contributed by atoms with Crippen molar-refractivity contribution in [2.45, 2.75) is 45.4 Å². The number of benzene rings is 2. The maximum Gasteiger partial charge on any atom is 0.573 e. The van der Waals surface area contributed by atoms with Crippen molar-refractivity contribution in [1.29, 1.82) is 0 Å². The van der Waals surface area contributed by atoms with Gasteiger partial charge in [-0.1, -0.05) is 26.2 Å². The average Bonchev–Trinajstić information content (AvgIpc) is 3.21. The molecule has 202 valence electrons. The van der Waals surface area contributed by atoms with Crippen LogP contribution in [0.1, 0.15) is 59.7 Å². The number of ether oxygens (including phenoxy) is 2. The Labute approximate surface area is 216 Å². The summed E-state index contributed by atoms with van der Waals surface area (Å²) in [7, 11) is 1.37. The molecule has 38 heavy (non-hydrogen) atoms. The molecule has 2 aromatic carbocycles. The fraction of sp³-hybridized carbons (Fsp3) is 0.370. The number of fused-ring (bicyclic) bond motifs is 1. The number of aromatic nitrogens is 1. The number of hydrogen-bond acceptors (Lipinski definition) is 5. The van der Waals surface area contributed by atoms with Crippen molar-refractivity contribution in [3.8, 4) is 5.75 Å². The number of anilines is 2. The van der Waals surface area contributed by atoms with Gasteiger partial charge in [-0.05, 0) is 55.3 Å². The quantitative estimate of drug-likeness (QED) is 0.306. The molecule has 0 atom stereocenters. The number of alkyl halides is 3. The van der Waals surface area contributed by atoms with Crippen LogP contribution in [0.5, 0.6) is 5.75 Å². The van der Waals surface area contributed by atoms with Gasteiger partial charge in [0, 0.05) is 34.7 Å². The highest BCUT2D eigenvalue weighted by atomic mass is 19.4. The van der Waals surface area contributed by atoms with Crippen molar-refractivity contribution in [1.82, 2.24) is 4.98 Å². The van der Waals surface area contributed by atoms with Gasteiger partial charge in [0.15, 0.2) is 5.78 Å². The van der Waals surface area contributed by atoms with Crippen LogP contribution < -0.4 is 15.4 Å². The predicted molar refractivity (Wildman–Crippen MR) is 135 cm³/mol. The number of carbonyl (C=O) groups excluding carboxylic acids is 3. The van der Waals surface area contributed by atoms with Gasteiger partial charge in [-0.15, -0.1) is 13.2 Å². The number of aromatic amines is 1. The van der Waals surface area contributed by atoms with E-state index in [1.165, 1.54) is 19.2 Å². The van der Waals surface area contributed by atoms with E-state index in [-0.39, 0.29) is 29.5 Å². The zero-order valence-electron chi connectivity index (χ0n) is 21.0. The van der Waals surface area contributed by atoms with E-state index in [9.17, 15) is 27.6 Å². The second kappa shape index (κ2) is 10.9. The third kappa shape index (κ3) is 6.16. The molecule has 0 aliphatic heterocycles. The zero-order chi connectivity index (χ0) is 27.5. The van der Waals surface area contributed by atoms with Crippen molar-refractivity contribution in [2.24, 2.45) is 5.41 Å². The first-order valence-corrected chi connectivity index (χ1v) is 12.2. The van der Waals surface area contributed by atoms with Crippen molar-refractivity contribution >= 4 is 40.0 Å². The SMILES string of the molecule is COCC(=O)c1c(NC(=O)c2ccc(OC(F)(F)F)cc2)[nH]c2cc(NC(=O)C3(C)CCCCC3)ccc12. The molecule has 0 bridgehead atoms. The summed E-state index contributed by atoms with van der Waals surface area (Å²) in [6.07, 6.45) is -0.0817. The minimum Gasteiger partial charge on any atom is -0.406 e. The minimum atomic E-state index is -4.85. The molecule has 1 saturated carbocycles. The molecule has 1 aliphatic carbocycles. The molecular formula is C27H28F3N3O5. The van der Waals surface area contributed by atoms with Crippen molar-refractivity contribution in [3.63, 3.8) is 0 Å². The lowest BCUT2D eigenvalue weighted by Crippen LogP contribution is -2.35. The molecule has 2 amide bonds. The Balaban J connectivity index is 1.59. The van der Waals surface area contributed by atoms with Crippen LogP contribution in [-0.2, 0) is 9.53 Å². The summed E-state index contributed by atoms with van der Waals surface area (Å²) in [4.78, 5) is 41.7. The second-order valence-electron chi connectivity index (χ2n) is 9.59. The number of methoxy groups -OCH3 is 1. The van der Waals surface area contributed by atoms with Crippen LogP contribution in [0.2, 0.25) is 0 Å². The van der Waals surface area contributed by atoms with Gasteiger partial charge in [0.1, 0.15) is 18.2 Å². The lowest BCUT2D eigenvalue weighted by molar-refractivity contribution is -0.274. The minimum absolute atomic E-state index is 0.0528. The molecule has 3 N–H and O–H groups in total. The first-order chi connectivity index (χ1) is 18.0. The normalized spacial score (nSPS) is 15.2. The second-order valence-corrected chi connectivity index (χ2v) is 9.59. The maximum absolute atomic E-state index is 13.0. The van der Waals surface area contributed by atoms with Gasteiger partial charge in [0.25, 0.3) is 5.91 Å². The van der Waals surface area contributed by atoms with Crippen LogP contribution in [-0.4, -0.2) is 42.7 Å². The van der Waals surface area contributed by atoms with Gasteiger partial charge in [-0.25, -0.2) is 0 Å². The summed E-state index contributed by atoms with van der Waals surface area (Å²) in [6, 6.07) is 9.44. The van der Waals surface area contributed by atoms with Crippen LogP contribution in [0.4, 0.5) is 24.7 Å². The summed E-state index contributed by atoms with van der Waals surface area (Å²) < 4.78 is 46.1. The number of H-pyrrole nitrogens is 1. The maximum atomic E-state index is 13.0. The van der Waals surface area contributed by atoms with Gasteiger partial charge in [-0.2, -0.15) is 0 Å². The van der Waals surface area contributed by atoms with Gasteiger partial charge in [0.2, 0.25) is 5.91 Å². The molecule has 1 aliphatic rings. The van der Waals surface area contributed by atoms with E-state index in [0.29, 0.717) is 16.6 Å². The van der Waals surface area contributed by atoms with E-state index in [4.69, 9.17) is 4.74 Å². The highest BCUT2D eigenvalue weighted by Gasteiger charge is 2.34. The van der Waals surface area contributed by atoms with Gasteiger partial charge in [-0.3, -0.25) is 14.4 Å². The number of rotatable bonds is 8. The van der Waals surface area contributed by atoms with Gasteiger partial charge in [0.05, 0.1) is 5.56 Å². The third-order valence-electron chi connectivity index (χ3n) is 6.70. The van der Waals surface area contributed by atoms with Gasteiger partial charge < -0.3 is 25.1 Å². The Morgan fingerprint density at radius 3 is 2.32 bits per heavy atom. The van der Waals surface area contributed by atoms with E-state index >= 15 is 0 Å².